The first-order valence-corrected chi connectivity index (χ1v) is 4.14. The average molecular weight is 134 g/mol. The van der Waals surface area contributed by atoms with Crippen LogP contribution in [0.1, 0.15) is 33.1 Å². The van der Waals surface area contributed by atoms with Crippen LogP contribution in [-0.2, 0) is 0 Å². The van der Waals surface area contributed by atoms with E-state index in [1.807, 2.05) is 0 Å². The molecule has 0 saturated heterocycles. The van der Waals surface area contributed by atoms with Crippen molar-refractivity contribution in [3.05, 3.63) is 22.8 Å². The Kier molecular flexibility index (Phi) is 1.23. The topological polar surface area (TPSA) is 0 Å². The summed E-state index contributed by atoms with van der Waals surface area (Å²) in [6.45, 7) is 4.49. The number of hydrogen-bond donors (Lipinski definition) is 0. The summed E-state index contributed by atoms with van der Waals surface area (Å²) in [6, 6.07) is 0. The first-order chi connectivity index (χ1) is 4.77. The van der Waals surface area contributed by atoms with E-state index < -0.39 is 0 Å². The molecule has 2 aliphatic rings. The summed E-state index contributed by atoms with van der Waals surface area (Å²) >= 11 is 0. The molecule has 54 valence electrons. The Bertz CT molecular complexity index is 214. The molecule has 0 N–H and O–H groups in total. The predicted octanol–water partition coefficient (Wildman–Crippen LogP) is 3.06. The lowest BCUT2D eigenvalue weighted by molar-refractivity contribution is 0.932. The molecule has 10 heavy (non-hydrogen) atoms. The lowest BCUT2D eigenvalue weighted by Gasteiger charge is -1.99. The average Bonchev–Trinajstić information content (AvgIpc) is 2.61. The molecule has 1 saturated carbocycles. The van der Waals surface area contributed by atoms with E-state index in [1.165, 1.54) is 19.3 Å². The van der Waals surface area contributed by atoms with Crippen molar-refractivity contribution in [3.8, 4) is 0 Å². The fraction of sp³-hybridized carbons (Fsp3) is 0.600. The van der Waals surface area contributed by atoms with Crippen molar-refractivity contribution in [1.82, 2.24) is 0 Å². The van der Waals surface area contributed by atoms with Gasteiger partial charge in [-0.05, 0) is 39.0 Å². The van der Waals surface area contributed by atoms with Gasteiger partial charge in [0.2, 0.25) is 0 Å². The van der Waals surface area contributed by atoms with Gasteiger partial charge in [-0.1, -0.05) is 22.8 Å². The van der Waals surface area contributed by atoms with Crippen LogP contribution in [0.15, 0.2) is 22.8 Å². The third-order valence-electron chi connectivity index (χ3n) is 2.51. The van der Waals surface area contributed by atoms with E-state index in [0.29, 0.717) is 0 Å². The summed E-state index contributed by atoms with van der Waals surface area (Å²) in [7, 11) is 0. The molecule has 0 atom stereocenters. The molecule has 0 amide bonds. The molecule has 0 nitrogen and oxygen atoms in total. The standard InChI is InChI=1S/C10H14/c1-7-5-8(2)10(6-7)9-3-4-9/h5,9H,3-4,6H2,1-2H3. The molecule has 0 bridgehead atoms. The minimum atomic E-state index is 0.980. The second-order valence-corrected chi connectivity index (χ2v) is 3.65. The van der Waals surface area contributed by atoms with Crippen LogP contribution in [0.25, 0.3) is 0 Å². The van der Waals surface area contributed by atoms with E-state index >= 15 is 0 Å². The van der Waals surface area contributed by atoms with Crippen molar-refractivity contribution in [2.75, 3.05) is 0 Å². The van der Waals surface area contributed by atoms with Gasteiger partial charge >= 0.3 is 0 Å². The lowest BCUT2D eigenvalue weighted by Crippen LogP contribution is -1.83. The fourth-order valence-corrected chi connectivity index (χ4v) is 1.85. The molecule has 0 aromatic carbocycles. The number of hydrogen-bond acceptors (Lipinski definition) is 0. The summed E-state index contributed by atoms with van der Waals surface area (Å²) in [5.41, 5.74) is 4.84. The van der Waals surface area contributed by atoms with E-state index in [4.69, 9.17) is 0 Å². The van der Waals surface area contributed by atoms with Gasteiger partial charge in [-0.25, -0.2) is 0 Å². The van der Waals surface area contributed by atoms with Crippen molar-refractivity contribution < 1.29 is 0 Å². The van der Waals surface area contributed by atoms with Crippen molar-refractivity contribution in [1.29, 1.82) is 0 Å². The minimum absolute atomic E-state index is 0.980. The Balaban J connectivity index is 2.18. The van der Waals surface area contributed by atoms with Crippen LogP contribution in [0.3, 0.4) is 0 Å². The van der Waals surface area contributed by atoms with Gasteiger partial charge in [0.05, 0.1) is 0 Å². The molecule has 2 rings (SSSR count). The summed E-state index contributed by atoms with van der Waals surface area (Å²) in [6.07, 6.45) is 6.52. The lowest BCUT2D eigenvalue weighted by atomic mass is 10.1. The van der Waals surface area contributed by atoms with Crippen LogP contribution >= 0.6 is 0 Å². The molecule has 0 radical (unpaired) electrons. The summed E-state index contributed by atoms with van der Waals surface area (Å²) < 4.78 is 0. The van der Waals surface area contributed by atoms with Crippen LogP contribution in [0.5, 0.6) is 0 Å². The molecule has 0 unspecified atom stereocenters. The van der Waals surface area contributed by atoms with Crippen molar-refractivity contribution in [3.63, 3.8) is 0 Å². The molecule has 0 spiro atoms. The van der Waals surface area contributed by atoms with E-state index in [2.05, 4.69) is 19.9 Å². The Morgan fingerprint density at radius 3 is 2.40 bits per heavy atom. The zero-order chi connectivity index (χ0) is 7.14. The minimum Gasteiger partial charge on any atom is -0.0690 e. The number of rotatable bonds is 1. The third kappa shape index (κ3) is 0.920. The highest BCUT2D eigenvalue weighted by Gasteiger charge is 2.28. The highest BCUT2D eigenvalue weighted by atomic mass is 14.3. The smallest absolute Gasteiger partial charge is 0.00995 e. The SMILES string of the molecule is CC1=CC(C)=C(C2CC2)C1. The van der Waals surface area contributed by atoms with Gasteiger partial charge in [0.15, 0.2) is 0 Å². The second kappa shape index (κ2) is 1.98. The van der Waals surface area contributed by atoms with E-state index in [-0.39, 0.29) is 0 Å². The van der Waals surface area contributed by atoms with Crippen molar-refractivity contribution in [2.45, 2.75) is 33.1 Å². The largest absolute Gasteiger partial charge is 0.0690 e. The van der Waals surface area contributed by atoms with Crippen LogP contribution in [0.2, 0.25) is 0 Å². The first kappa shape index (κ1) is 6.21. The highest BCUT2D eigenvalue weighted by molar-refractivity contribution is 5.39. The molecule has 2 aliphatic carbocycles. The first-order valence-electron chi connectivity index (χ1n) is 4.14. The Hall–Kier alpha value is -0.520. The molecule has 0 heterocycles. The van der Waals surface area contributed by atoms with E-state index in [1.54, 1.807) is 16.7 Å². The van der Waals surface area contributed by atoms with Crippen LogP contribution in [0.4, 0.5) is 0 Å². The molecule has 0 heteroatoms. The Morgan fingerprint density at radius 2 is 2.00 bits per heavy atom. The summed E-state index contributed by atoms with van der Waals surface area (Å²) in [5.74, 6) is 0.980. The number of allylic oxidation sites excluding steroid dienone is 4. The zero-order valence-corrected chi connectivity index (χ0v) is 6.78. The van der Waals surface area contributed by atoms with Crippen LogP contribution in [-0.4, -0.2) is 0 Å². The van der Waals surface area contributed by atoms with Crippen LogP contribution in [0, 0.1) is 5.92 Å². The molecule has 1 fully saturated rings. The van der Waals surface area contributed by atoms with Gasteiger partial charge in [0.25, 0.3) is 0 Å². The van der Waals surface area contributed by atoms with Crippen molar-refractivity contribution >= 4 is 0 Å². The highest BCUT2D eigenvalue weighted by Crippen LogP contribution is 2.43. The Labute approximate surface area is 62.6 Å². The maximum absolute atomic E-state index is 2.34. The maximum atomic E-state index is 2.34. The molecular formula is C10H14. The van der Waals surface area contributed by atoms with Crippen molar-refractivity contribution in [2.24, 2.45) is 5.92 Å². The Morgan fingerprint density at radius 1 is 1.30 bits per heavy atom. The second-order valence-electron chi connectivity index (χ2n) is 3.65. The quantitative estimate of drug-likeness (QED) is 0.517. The van der Waals surface area contributed by atoms with Gasteiger partial charge < -0.3 is 0 Å². The third-order valence-corrected chi connectivity index (χ3v) is 2.51. The molecule has 0 aromatic rings. The van der Waals surface area contributed by atoms with E-state index in [0.717, 1.165) is 5.92 Å². The van der Waals surface area contributed by atoms with Gasteiger partial charge in [0.1, 0.15) is 0 Å². The molecule has 0 aromatic heterocycles. The molecule has 0 aliphatic heterocycles. The van der Waals surface area contributed by atoms with Crippen LogP contribution < -0.4 is 0 Å². The summed E-state index contributed by atoms with van der Waals surface area (Å²) in [4.78, 5) is 0. The monoisotopic (exact) mass is 134 g/mol. The van der Waals surface area contributed by atoms with Gasteiger partial charge in [-0.3, -0.25) is 0 Å². The zero-order valence-electron chi connectivity index (χ0n) is 6.78. The van der Waals surface area contributed by atoms with Gasteiger partial charge in [-0.15, -0.1) is 0 Å². The summed E-state index contributed by atoms with van der Waals surface area (Å²) in [5, 5.41) is 0. The normalized spacial score (nSPS) is 25.6. The van der Waals surface area contributed by atoms with Gasteiger partial charge in [0, 0.05) is 0 Å². The maximum Gasteiger partial charge on any atom is -0.00995 e. The predicted molar refractivity (Wildman–Crippen MR) is 43.8 cm³/mol. The fourth-order valence-electron chi connectivity index (χ4n) is 1.85. The van der Waals surface area contributed by atoms with E-state index in [9.17, 15) is 0 Å². The molecular weight excluding hydrogens is 120 g/mol. The van der Waals surface area contributed by atoms with Gasteiger partial charge in [-0.2, -0.15) is 0 Å².